The van der Waals surface area contributed by atoms with Gasteiger partial charge >= 0.3 is 5.63 Å². The molecule has 1 aromatic heterocycles. The first-order chi connectivity index (χ1) is 10.1. The van der Waals surface area contributed by atoms with E-state index >= 15 is 0 Å². The molecule has 0 spiro atoms. The molecule has 0 aliphatic carbocycles. The summed E-state index contributed by atoms with van der Waals surface area (Å²) in [6, 6.07) is 13.0. The van der Waals surface area contributed by atoms with Gasteiger partial charge in [0.1, 0.15) is 0 Å². The first-order valence-electron chi connectivity index (χ1n) is 6.16. The Morgan fingerprint density at radius 2 is 1.71 bits per heavy atom. The van der Waals surface area contributed by atoms with E-state index in [-0.39, 0.29) is 5.56 Å². The van der Waals surface area contributed by atoms with E-state index in [1.807, 2.05) is 30.3 Å². The van der Waals surface area contributed by atoms with E-state index in [1.165, 1.54) is 0 Å². The molecular formula is C16H10BrNO3. The van der Waals surface area contributed by atoms with E-state index in [4.69, 9.17) is 9.83 Å². The minimum atomic E-state index is -0.615. The van der Waals surface area contributed by atoms with Gasteiger partial charge < -0.3 is 14.9 Å². The highest BCUT2D eigenvalue weighted by molar-refractivity contribution is 9.10. The van der Waals surface area contributed by atoms with Gasteiger partial charge in [0.25, 0.3) is 5.95 Å². The number of halogens is 1. The van der Waals surface area contributed by atoms with Crippen LogP contribution >= 0.6 is 15.9 Å². The third kappa shape index (κ3) is 2.36. The molecule has 4 nitrogen and oxygen atoms in total. The van der Waals surface area contributed by atoms with E-state index in [9.17, 15) is 9.90 Å². The molecule has 0 saturated heterocycles. The Labute approximate surface area is 128 Å². The molecule has 0 saturated carbocycles. The lowest BCUT2D eigenvalue weighted by molar-refractivity contribution is 0.312. The van der Waals surface area contributed by atoms with Crippen LogP contribution in [0.4, 0.5) is 0 Å². The zero-order valence-electron chi connectivity index (χ0n) is 10.8. The van der Waals surface area contributed by atoms with Crippen molar-refractivity contribution in [2.75, 3.05) is 0 Å². The fourth-order valence-electron chi connectivity index (χ4n) is 2.22. The Hall–Kier alpha value is -2.40. The zero-order valence-corrected chi connectivity index (χ0v) is 12.3. The van der Waals surface area contributed by atoms with Crippen LogP contribution in [-0.4, -0.2) is 11.3 Å². The van der Waals surface area contributed by atoms with Crippen LogP contribution in [0.5, 0.6) is 5.95 Å². The molecule has 2 aromatic carbocycles. The molecule has 1 heterocycles. The maximum atomic E-state index is 11.8. The van der Waals surface area contributed by atoms with Crippen molar-refractivity contribution in [1.29, 1.82) is 5.41 Å². The highest BCUT2D eigenvalue weighted by Gasteiger charge is 2.12. The van der Waals surface area contributed by atoms with E-state index in [1.54, 1.807) is 12.1 Å². The van der Waals surface area contributed by atoms with Crippen LogP contribution in [0.15, 0.2) is 56.1 Å². The van der Waals surface area contributed by atoms with Crippen LogP contribution < -0.4 is 5.63 Å². The molecule has 3 rings (SSSR count). The van der Waals surface area contributed by atoms with Gasteiger partial charge in [-0.1, -0.05) is 34.1 Å². The predicted molar refractivity (Wildman–Crippen MR) is 85.2 cm³/mol. The van der Waals surface area contributed by atoms with Crippen molar-refractivity contribution in [3.05, 3.63) is 62.9 Å². The maximum Gasteiger partial charge on any atom is 0.346 e. The summed E-state index contributed by atoms with van der Waals surface area (Å²) in [6.45, 7) is 0. The van der Waals surface area contributed by atoms with Gasteiger partial charge in [-0.2, -0.15) is 0 Å². The normalized spacial score (nSPS) is 10.7. The lowest BCUT2D eigenvalue weighted by atomic mass is 10.0. The topological polar surface area (TPSA) is 74.3 Å². The van der Waals surface area contributed by atoms with E-state index in [2.05, 4.69) is 15.9 Å². The Balaban J connectivity index is 2.31. The Bertz CT molecular complexity index is 898. The van der Waals surface area contributed by atoms with Crippen molar-refractivity contribution < 1.29 is 9.52 Å². The summed E-state index contributed by atoms with van der Waals surface area (Å²) in [5.41, 5.74) is 1.45. The second-order valence-electron chi connectivity index (χ2n) is 4.52. The van der Waals surface area contributed by atoms with Gasteiger partial charge in [-0.15, -0.1) is 0 Å². The Morgan fingerprint density at radius 3 is 2.38 bits per heavy atom. The van der Waals surface area contributed by atoms with Crippen LogP contribution in [0.3, 0.4) is 0 Å². The first kappa shape index (κ1) is 13.6. The fraction of sp³-hybridized carbons (Fsp3) is 0. The molecule has 0 unspecified atom stereocenters. The summed E-state index contributed by atoms with van der Waals surface area (Å²) in [5, 5.41) is 17.9. The number of nitrogens with one attached hydrogen (secondary N) is 1. The summed E-state index contributed by atoms with van der Waals surface area (Å²) >= 11 is 3.38. The molecule has 3 aromatic rings. The molecule has 0 aliphatic heterocycles. The molecule has 5 heteroatoms. The summed E-state index contributed by atoms with van der Waals surface area (Å²) in [6.07, 6.45) is 0.978. The number of hydrogen-bond acceptors (Lipinski definition) is 4. The second-order valence-corrected chi connectivity index (χ2v) is 5.44. The molecule has 0 radical (unpaired) electrons. The highest BCUT2D eigenvalue weighted by atomic mass is 79.9. The smallest absolute Gasteiger partial charge is 0.346 e. The molecule has 0 amide bonds. The summed E-state index contributed by atoms with van der Waals surface area (Å²) in [7, 11) is 0. The van der Waals surface area contributed by atoms with Crippen LogP contribution in [-0.2, 0) is 0 Å². The van der Waals surface area contributed by atoms with Crippen molar-refractivity contribution >= 4 is 32.9 Å². The van der Waals surface area contributed by atoms with Gasteiger partial charge in [0.05, 0.1) is 10.9 Å². The minimum absolute atomic E-state index is 0.198. The number of hydrogen-bond donors (Lipinski definition) is 2. The van der Waals surface area contributed by atoms with Gasteiger partial charge in [0.2, 0.25) is 0 Å². The third-order valence-corrected chi connectivity index (χ3v) is 3.80. The molecule has 104 valence electrons. The monoisotopic (exact) mass is 343 g/mol. The fourth-order valence-corrected chi connectivity index (χ4v) is 2.48. The number of fused-ring (bicyclic) bond motifs is 1. The summed E-state index contributed by atoms with van der Waals surface area (Å²) in [4.78, 5) is 11.8. The Kier molecular flexibility index (Phi) is 3.35. The van der Waals surface area contributed by atoms with E-state index < -0.39 is 11.6 Å². The van der Waals surface area contributed by atoms with Crippen molar-refractivity contribution in [3.63, 3.8) is 0 Å². The van der Waals surface area contributed by atoms with Crippen molar-refractivity contribution in [3.8, 4) is 17.1 Å². The maximum absolute atomic E-state index is 11.8. The number of benzene rings is 2. The van der Waals surface area contributed by atoms with Crippen molar-refractivity contribution in [2.24, 2.45) is 0 Å². The number of rotatable bonds is 2. The van der Waals surface area contributed by atoms with E-state index in [0.717, 1.165) is 21.8 Å². The quantitative estimate of drug-likeness (QED) is 0.692. The molecular weight excluding hydrogens is 334 g/mol. The SMILES string of the molecule is N=Cc1c(O)oc(=O)c2ccc(-c3ccc(Br)cc3)cc12. The summed E-state index contributed by atoms with van der Waals surface area (Å²) in [5.74, 6) is -0.532. The summed E-state index contributed by atoms with van der Waals surface area (Å²) < 4.78 is 5.69. The van der Waals surface area contributed by atoms with Gasteiger partial charge in [-0.3, -0.25) is 0 Å². The van der Waals surface area contributed by atoms with Crippen molar-refractivity contribution in [1.82, 2.24) is 0 Å². The molecule has 21 heavy (non-hydrogen) atoms. The van der Waals surface area contributed by atoms with Crippen LogP contribution in [0.1, 0.15) is 5.56 Å². The highest BCUT2D eigenvalue weighted by Crippen LogP contribution is 2.28. The van der Waals surface area contributed by atoms with Crippen molar-refractivity contribution in [2.45, 2.75) is 0 Å². The van der Waals surface area contributed by atoms with Gasteiger partial charge in [-0.05, 0) is 35.4 Å². The first-order valence-corrected chi connectivity index (χ1v) is 6.95. The Morgan fingerprint density at radius 1 is 1.05 bits per heavy atom. The molecule has 2 N–H and O–H groups in total. The molecule has 0 fully saturated rings. The molecule has 0 bridgehead atoms. The number of aromatic hydroxyl groups is 1. The van der Waals surface area contributed by atoms with Gasteiger partial charge in [-0.25, -0.2) is 4.79 Å². The van der Waals surface area contributed by atoms with Crippen LogP contribution in [0.25, 0.3) is 21.9 Å². The largest absolute Gasteiger partial charge is 0.480 e. The molecule has 0 aliphatic rings. The van der Waals surface area contributed by atoms with Gasteiger partial charge in [0, 0.05) is 16.1 Å². The second kappa shape index (κ2) is 5.18. The third-order valence-electron chi connectivity index (χ3n) is 3.27. The zero-order chi connectivity index (χ0) is 15.0. The van der Waals surface area contributed by atoms with Gasteiger partial charge in [0.15, 0.2) is 0 Å². The standard InChI is InChI=1S/C16H10BrNO3/c17-11-4-1-9(2-5-11)10-3-6-12-13(7-10)14(8-18)16(20)21-15(12)19/h1-8,18,20H. The predicted octanol–water partition coefficient (Wildman–Crippen LogP) is 3.93. The van der Waals surface area contributed by atoms with Crippen LogP contribution in [0.2, 0.25) is 0 Å². The average molecular weight is 344 g/mol. The lowest BCUT2D eigenvalue weighted by Crippen LogP contribution is -2.02. The lowest BCUT2D eigenvalue weighted by Gasteiger charge is -2.06. The average Bonchev–Trinajstić information content (AvgIpc) is 2.48. The van der Waals surface area contributed by atoms with Crippen LogP contribution in [0, 0.1) is 5.41 Å². The molecule has 0 atom stereocenters. The minimum Gasteiger partial charge on any atom is -0.480 e. The van der Waals surface area contributed by atoms with E-state index in [0.29, 0.717) is 10.8 Å².